The average molecular weight is 439 g/mol. The van der Waals surface area contributed by atoms with E-state index in [4.69, 9.17) is 14.8 Å². The van der Waals surface area contributed by atoms with Crippen LogP contribution in [0.1, 0.15) is 63.1 Å². The minimum absolute atomic E-state index is 0.0176. The zero-order valence-corrected chi connectivity index (χ0v) is 19.2. The quantitative estimate of drug-likeness (QED) is 0.713. The summed E-state index contributed by atoms with van der Waals surface area (Å²) in [6, 6.07) is 1.98. The normalized spacial score (nSPS) is 26.1. The van der Waals surface area contributed by atoms with Crippen molar-refractivity contribution in [1.29, 1.82) is 0 Å². The van der Waals surface area contributed by atoms with Gasteiger partial charge < -0.3 is 14.5 Å². The summed E-state index contributed by atoms with van der Waals surface area (Å²) >= 11 is 0. The van der Waals surface area contributed by atoms with Gasteiger partial charge in [0.05, 0.1) is 23.5 Å². The van der Waals surface area contributed by atoms with E-state index < -0.39 is 0 Å². The Labute approximate surface area is 190 Å². The van der Waals surface area contributed by atoms with Crippen LogP contribution in [0, 0.1) is 5.92 Å². The Morgan fingerprint density at radius 1 is 1.06 bits per heavy atom. The molecule has 5 rings (SSSR count). The molecule has 2 aromatic rings. The smallest absolute Gasteiger partial charge is 0.226 e. The number of methoxy groups -OCH3 is 1. The van der Waals surface area contributed by atoms with E-state index in [1.54, 1.807) is 7.11 Å². The third-order valence-electron chi connectivity index (χ3n) is 7.37. The second-order valence-electron chi connectivity index (χ2n) is 9.44. The van der Waals surface area contributed by atoms with Crippen molar-refractivity contribution >= 4 is 11.9 Å². The van der Waals surface area contributed by atoms with Crippen LogP contribution in [-0.4, -0.2) is 63.4 Å². The predicted molar refractivity (Wildman–Crippen MR) is 122 cm³/mol. The molecular weight excluding hydrogens is 404 g/mol. The number of ether oxygens (including phenoxy) is 1. The van der Waals surface area contributed by atoms with Gasteiger partial charge in [-0.25, -0.2) is 9.97 Å². The Balaban J connectivity index is 1.39. The van der Waals surface area contributed by atoms with Crippen molar-refractivity contribution < 1.29 is 9.53 Å². The minimum Gasteiger partial charge on any atom is -0.381 e. The molecule has 32 heavy (non-hydrogen) atoms. The highest BCUT2D eigenvalue weighted by Gasteiger charge is 2.38. The SMILES string of the molecule is COC1CCC(C(=O)N2CCCC2c2nn(C)cc2-c2ccnc(N3CCCC3)n2)CC1. The predicted octanol–water partition coefficient (Wildman–Crippen LogP) is 3.35. The van der Waals surface area contributed by atoms with Gasteiger partial charge in [-0.1, -0.05) is 0 Å². The summed E-state index contributed by atoms with van der Waals surface area (Å²) in [6.07, 6.45) is 12.3. The first-order valence-electron chi connectivity index (χ1n) is 12.1. The van der Waals surface area contributed by atoms with Gasteiger partial charge >= 0.3 is 0 Å². The molecule has 0 aromatic carbocycles. The van der Waals surface area contributed by atoms with Crippen LogP contribution in [0.4, 0.5) is 5.95 Å². The summed E-state index contributed by atoms with van der Waals surface area (Å²) < 4.78 is 7.35. The molecule has 2 aromatic heterocycles. The Morgan fingerprint density at radius 3 is 2.59 bits per heavy atom. The Kier molecular flexibility index (Phi) is 6.13. The molecule has 3 fully saturated rings. The number of rotatable bonds is 5. The number of carbonyl (C=O) groups is 1. The van der Waals surface area contributed by atoms with E-state index in [1.807, 2.05) is 30.2 Å². The van der Waals surface area contributed by atoms with E-state index in [9.17, 15) is 4.79 Å². The first kappa shape index (κ1) is 21.4. The molecule has 0 radical (unpaired) electrons. The van der Waals surface area contributed by atoms with Crippen molar-refractivity contribution in [2.75, 3.05) is 31.6 Å². The van der Waals surface area contributed by atoms with E-state index in [2.05, 4.69) is 14.8 Å². The van der Waals surface area contributed by atoms with Crippen LogP contribution < -0.4 is 4.90 Å². The Bertz CT molecular complexity index is 946. The first-order valence-corrected chi connectivity index (χ1v) is 12.1. The number of hydrogen-bond acceptors (Lipinski definition) is 6. The zero-order chi connectivity index (χ0) is 22.1. The lowest BCUT2D eigenvalue weighted by atomic mass is 9.86. The number of aromatic nitrogens is 4. The van der Waals surface area contributed by atoms with Crippen LogP contribution >= 0.6 is 0 Å². The first-order chi connectivity index (χ1) is 15.6. The summed E-state index contributed by atoms with van der Waals surface area (Å²) in [7, 11) is 3.72. The molecule has 0 N–H and O–H groups in total. The van der Waals surface area contributed by atoms with Crippen LogP contribution in [0.3, 0.4) is 0 Å². The molecule has 3 aliphatic rings. The van der Waals surface area contributed by atoms with Crippen LogP contribution in [0.5, 0.6) is 0 Å². The standard InChI is InChI=1S/C24H34N6O2/c1-28-16-19(20-11-12-25-24(26-20)29-13-3-4-14-29)22(27-28)21-6-5-15-30(21)23(31)17-7-9-18(32-2)10-8-17/h11-12,16-18,21H,3-10,13-15H2,1-2H3. The van der Waals surface area contributed by atoms with Crippen molar-refractivity contribution in [3.8, 4) is 11.3 Å². The summed E-state index contributed by atoms with van der Waals surface area (Å²) in [4.78, 5) is 27.2. The third-order valence-corrected chi connectivity index (χ3v) is 7.37. The van der Waals surface area contributed by atoms with Crippen molar-refractivity contribution in [1.82, 2.24) is 24.6 Å². The Morgan fingerprint density at radius 2 is 1.84 bits per heavy atom. The van der Waals surface area contributed by atoms with Crippen molar-refractivity contribution in [3.05, 3.63) is 24.2 Å². The highest BCUT2D eigenvalue weighted by atomic mass is 16.5. The number of amides is 1. The molecule has 8 heteroatoms. The van der Waals surface area contributed by atoms with E-state index >= 15 is 0 Å². The molecule has 2 aliphatic heterocycles. The molecule has 1 saturated carbocycles. The largest absolute Gasteiger partial charge is 0.381 e. The van der Waals surface area contributed by atoms with Gasteiger partial charge in [0.2, 0.25) is 11.9 Å². The minimum atomic E-state index is 0.0176. The molecule has 1 unspecified atom stereocenters. The van der Waals surface area contributed by atoms with Gasteiger partial charge in [-0.2, -0.15) is 5.10 Å². The molecule has 0 bridgehead atoms. The molecule has 2 saturated heterocycles. The highest BCUT2D eigenvalue weighted by Crippen LogP contribution is 2.39. The van der Waals surface area contributed by atoms with E-state index in [0.29, 0.717) is 12.0 Å². The fourth-order valence-electron chi connectivity index (χ4n) is 5.61. The molecule has 8 nitrogen and oxygen atoms in total. The summed E-state index contributed by atoms with van der Waals surface area (Å²) in [5.74, 6) is 1.19. The fraction of sp³-hybridized carbons (Fsp3) is 0.667. The molecule has 4 heterocycles. The van der Waals surface area contributed by atoms with Crippen molar-refractivity contribution in [3.63, 3.8) is 0 Å². The maximum Gasteiger partial charge on any atom is 0.226 e. The number of nitrogens with zero attached hydrogens (tertiary/aromatic N) is 6. The lowest BCUT2D eigenvalue weighted by Crippen LogP contribution is -2.38. The zero-order valence-electron chi connectivity index (χ0n) is 19.2. The number of likely N-dealkylation sites (tertiary alicyclic amines) is 1. The number of hydrogen-bond donors (Lipinski definition) is 0. The highest BCUT2D eigenvalue weighted by molar-refractivity contribution is 5.80. The molecule has 1 amide bonds. The van der Waals surface area contributed by atoms with Gasteiger partial charge in [-0.05, 0) is 57.4 Å². The number of carbonyl (C=O) groups excluding carboxylic acids is 1. The molecule has 172 valence electrons. The topological polar surface area (TPSA) is 76.4 Å². The lowest BCUT2D eigenvalue weighted by molar-refractivity contribution is -0.138. The van der Waals surface area contributed by atoms with Crippen LogP contribution in [-0.2, 0) is 16.6 Å². The molecule has 1 atom stereocenters. The number of aryl methyl sites for hydroxylation is 1. The van der Waals surface area contributed by atoms with Crippen LogP contribution in [0.2, 0.25) is 0 Å². The summed E-state index contributed by atoms with van der Waals surface area (Å²) in [5, 5.41) is 4.83. The van der Waals surface area contributed by atoms with Crippen LogP contribution in [0.15, 0.2) is 18.5 Å². The van der Waals surface area contributed by atoms with Crippen LogP contribution in [0.25, 0.3) is 11.3 Å². The van der Waals surface area contributed by atoms with E-state index in [-0.39, 0.29) is 12.0 Å². The summed E-state index contributed by atoms with van der Waals surface area (Å²) in [6.45, 7) is 2.84. The summed E-state index contributed by atoms with van der Waals surface area (Å²) in [5.41, 5.74) is 2.88. The Hall–Kier alpha value is -2.48. The van der Waals surface area contributed by atoms with Gasteiger partial charge in [0.15, 0.2) is 0 Å². The van der Waals surface area contributed by atoms with Crippen molar-refractivity contribution in [2.45, 2.75) is 63.5 Å². The molecule has 0 spiro atoms. The maximum absolute atomic E-state index is 13.5. The fourth-order valence-corrected chi connectivity index (χ4v) is 5.61. The van der Waals surface area contributed by atoms with Gasteiger partial charge in [-0.15, -0.1) is 0 Å². The maximum atomic E-state index is 13.5. The van der Waals surface area contributed by atoms with E-state index in [1.165, 1.54) is 12.8 Å². The second kappa shape index (κ2) is 9.17. The monoisotopic (exact) mass is 438 g/mol. The third kappa shape index (κ3) is 4.12. The second-order valence-corrected chi connectivity index (χ2v) is 9.44. The van der Waals surface area contributed by atoms with Gasteiger partial charge in [0.25, 0.3) is 0 Å². The van der Waals surface area contributed by atoms with Crippen molar-refractivity contribution in [2.24, 2.45) is 13.0 Å². The average Bonchev–Trinajstić information content (AvgIpc) is 3.59. The van der Waals surface area contributed by atoms with Gasteiger partial charge in [0, 0.05) is 57.7 Å². The number of anilines is 1. The molecular formula is C24H34N6O2. The molecule has 1 aliphatic carbocycles. The van der Waals surface area contributed by atoms with E-state index in [0.717, 1.165) is 81.1 Å². The lowest BCUT2D eigenvalue weighted by Gasteiger charge is -2.32. The van der Waals surface area contributed by atoms with Gasteiger partial charge in [0.1, 0.15) is 0 Å². The van der Waals surface area contributed by atoms with Gasteiger partial charge in [-0.3, -0.25) is 9.48 Å².